The second-order valence-electron chi connectivity index (χ2n) is 5.74. The normalized spacial score (nSPS) is 12.1. The highest BCUT2D eigenvalue weighted by Crippen LogP contribution is 2.21. The minimum absolute atomic E-state index is 0.147. The van der Waals surface area contributed by atoms with E-state index in [0.29, 0.717) is 0 Å². The van der Waals surface area contributed by atoms with Gasteiger partial charge >= 0.3 is 0 Å². The van der Waals surface area contributed by atoms with Gasteiger partial charge < -0.3 is 4.74 Å². The molecular formula is C16H20FOPSi. The van der Waals surface area contributed by atoms with Gasteiger partial charge in [0.25, 0.3) is 0 Å². The molecule has 20 heavy (non-hydrogen) atoms. The maximum absolute atomic E-state index is 13.8. The van der Waals surface area contributed by atoms with E-state index in [0.717, 1.165) is 16.4 Å². The van der Waals surface area contributed by atoms with Crippen molar-refractivity contribution in [3.8, 4) is 5.75 Å². The van der Waals surface area contributed by atoms with E-state index in [1.807, 2.05) is 18.2 Å². The fraction of sp³-hybridized carbons (Fsp3) is 0.250. The molecule has 0 aromatic heterocycles. The van der Waals surface area contributed by atoms with Crippen molar-refractivity contribution < 1.29 is 9.13 Å². The topological polar surface area (TPSA) is 9.23 Å². The molecule has 2 rings (SSSR count). The smallest absolute Gasteiger partial charge is 0.130 e. The number of benzene rings is 2. The quantitative estimate of drug-likeness (QED) is 0.623. The van der Waals surface area contributed by atoms with Crippen LogP contribution in [0.25, 0.3) is 0 Å². The molecule has 0 aliphatic rings. The predicted molar refractivity (Wildman–Crippen MR) is 90.0 cm³/mol. The van der Waals surface area contributed by atoms with Crippen LogP contribution in [0.4, 0.5) is 4.39 Å². The summed E-state index contributed by atoms with van der Waals surface area (Å²) < 4.78 is 19.5. The molecule has 0 N–H and O–H groups in total. The van der Waals surface area contributed by atoms with E-state index in [-0.39, 0.29) is 14.4 Å². The van der Waals surface area contributed by atoms with E-state index in [2.05, 4.69) is 31.8 Å². The van der Waals surface area contributed by atoms with Crippen LogP contribution in [0.1, 0.15) is 0 Å². The Balaban J connectivity index is 2.45. The van der Waals surface area contributed by atoms with Crippen molar-refractivity contribution in [3.05, 3.63) is 48.3 Å². The summed E-state index contributed by atoms with van der Waals surface area (Å²) in [5.74, 6) is 0.791. The highest BCUT2D eigenvalue weighted by Gasteiger charge is 2.23. The van der Waals surface area contributed by atoms with E-state index < -0.39 is 8.07 Å². The molecule has 0 aliphatic heterocycles. The lowest BCUT2D eigenvalue weighted by molar-refractivity contribution is 0.421. The molecule has 0 aliphatic carbocycles. The molecule has 0 saturated carbocycles. The first-order valence-corrected chi connectivity index (χ1v) is 11.1. The summed E-state index contributed by atoms with van der Waals surface area (Å²) in [6.45, 7) is 6.88. The summed E-state index contributed by atoms with van der Waals surface area (Å²) in [6.07, 6.45) is 0. The zero-order valence-electron chi connectivity index (χ0n) is 12.3. The minimum Gasteiger partial charge on any atom is -0.496 e. The zero-order chi connectivity index (χ0) is 14.8. The largest absolute Gasteiger partial charge is 0.496 e. The van der Waals surface area contributed by atoms with Gasteiger partial charge in [-0.3, -0.25) is 0 Å². The van der Waals surface area contributed by atoms with Crippen molar-refractivity contribution in [1.82, 2.24) is 0 Å². The third-order valence-electron chi connectivity index (χ3n) is 3.17. The summed E-state index contributed by atoms with van der Waals surface area (Å²) in [4.78, 5) is 0. The van der Waals surface area contributed by atoms with E-state index in [4.69, 9.17) is 4.74 Å². The Morgan fingerprint density at radius 3 is 2.20 bits per heavy atom. The monoisotopic (exact) mass is 306 g/mol. The SMILES string of the molecule is COc1c(Pc2ccccc2F)cccc1[Si](C)(C)C. The summed E-state index contributed by atoms with van der Waals surface area (Å²) in [6, 6.07) is 13.2. The Morgan fingerprint density at radius 2 is 1.60 bits per heavy atom. The lowest BCUT2D eigenvalue weighted by Gasteiger charge is -2.22. The van der Waals surface area contributed by atoms with Gasteiger partial charge in [-0.25, -0.2) is 4.39 Å². The molecular weight excluding hydrogens is 286 g/mol. The molecule has 0 amide bonds. The van der Waals surface area contributed by atoms with E-state index >= 15 is 0 Å². The Labute approximate surface area is 123 Å². The number of para-hydroxylation sites is 1. The van der Waals surface area contributed by atoms with Gasteiger partial charge in [-0.15, -0.1) is 0 Å². The fourth-order valence-electron chi connectivity index (χ4n) is 2.15. The Bertz CT molecular complexity index is 608. The third-order valence-corrected chi connectivity index (χ3v) is 6.52. The Hall–Kier alpha value is -1.18. The number of ether oxygens (including phenoxy) is 1. The van der Waals surface area contributed by atoms with Crippen LogP contribution < -0.4 is 20.5 Å². The lowest BCUT2D eigenvalue weighted by Crippen LogP contribution is -2.40. The van der Waals surface area contributed by atoms with Crippen LogP contribution in [0.15, 0.2) is 42.5 Å². The third kappa shape index (κ3) is 3.28. The minimum atomic E-state index is -1.48. The van der Waals surface area contributed by atoms with Crippen LogP contribution in [0, 0.1) is 5.82 Å². The number of hydrogen-bond donors (Lipinski definition) is 0. The molecule has 106 valence electrons. The molecule has 1 nitrogen and oxygen atoms in total. The van der Waals surface area contributed by atoms with Gasteiger partial charge in [0.05, 0.1) is 15.2 Å². The molecule has 4 heteroatoms. The molecule has 1 unspecified atom stereocenters. The zero-order valence-corrected chi connectivity index (χ0v) is 14.3. The van der Waals surface area contributed by atoms with Gasteiger partial charge in [0.2, 0.25) is 0 Å². The van der Waals surface area contributed by atoms with Gasteiger partial charge in [-0.2, -0.15) is 0 Å². The number of hydrogen-bond acceptors (Lipinski definition) is 1. The molecule has 0 heterocycles. The fourth-order valence-corrected chi connectivity index (χ4v) is 5.00. The van der Waals surface area contributed by atoms with E-state index in [9.17, 15) is 4.39 Å². The van der Waals surface area contributed by atoms with Crippen molar-refractivity contribution in [2.24, 2.45) is 0 Å². The average molecular weight is 306 g/mol. The van der Waals surface area contributed by atoms with Gasteiger partial charge in [0, 0.05) is 10.6 Å². The molecule has 1 atom stereocenters. The van der Waals surface area contributed by atoms with Crippen molar-refractivity contribution in [2.45, 2.75) is 19.6 Å². The highest BCUT2D eigenvalue weighted by atomic mass is 31.1. The molecule has 0 saturated heterocycles. The first kappa shape index (κ1) is 15.2. The van der Waals surface area contributed by atoms with Crippen molar-refractivity contribution in [1.29, 1.82) is 0 Å². The summed E-state index contributed by atoms with van der Waals surface area (Å²) in [5.41, 5.74) is 0. The van der Waals surface area contributed by atoms with E-state index in [1.54, 1.807) is 13.2 Å². The first-order valence-electron chi connectivity index (χ1n) is 6.62. The van der Waals surface area contributed by atoms with Crippen LogP contribution in [0.5, 0.6) is 5.75 Å². The Kier molecular flexibility index (Phi) is 4.61. The maximum Gasteiger partial charge on any atom is 0.130 e. The van der Waals surface area contributed by atoms with Gasteiger partial charge in [0.1, 0.15) is 11.6 Å². The predicted octanol–water partition coefficient (Wildman–Crippen LogP) is 3.01. The molecule has 0 radical (unpaired) electrons. The number of methoxy groups -OCH3 is 1. The molecule has 2 aromatic carbocycles. The standard InChI is InChI=1S/C16H20FOPSi/c1-18-16-14(10-7-11-15(16)20(2,3)4)19-13-9-6-5-8-12(13)17/h5-11,19H,1-4H3. The number of halogens is 1. The average Bonchev–Trinajstić information content (AvgIpc) is 2.40. The lowest BCUT2D eigenvalue weighted by atomic mass is 10.3. The van der Waals surface area contributed by atoms with Gasteiger partial charge in [-0.05, 0) is 11.3 Å². The second kappa shape index (κ2) is 6.07. The van der Waals surface area contributed by atoms with Gasteiger partial charge in [-0.1, -0.05) is 64.6 Å². The first-order chi connectivity index (χ1) is 9.43. The summed E-state index contributed by atoms with van der Waals surface area (Å²) in [5, 5.41) is 3.11. The number of rotatable bonds is 4. The van der Waals surface area contributed by atoms with E-state index in [1.165, 1.54) is 11.3 Å². The molecule has 0 fully saturated rings. The highest BCUT2D eigenvalue weighted by molar-refractivity contribution is 7.55. The van der Waals surface area contributed by atoms with Crippen LogP contribution in [0.2, 0.25) is 19.6 Å². The second-order valence-corrected chi connectivity index (χ2v) is 12.1. The molecule has 0 bridgehead atoms. The van der Waals surface area contributed by atoms with Crippen molar-refractivity contribution >= 4 is 32.5 Å². The van der Waals surface area contributed by atoms with Crippen LogP contribution in [-0.2, 0) is 0 Å². The van der Waals surface area contributed by atoms with Crippen LogP contribution in [-0.4, -0.2) is 15.2 Å². The molecule has 0 spiro atoms. The van der Waals surface area contributed by atoms with Crippen molar-refractivity contribution in [2.75, 3.05) is 7.11 Å². The van der Waals surface area contributed by atoms with Crippen LogP contribution >= 0.6 is 8.58 Å². The summed E-state index contributed by atoms with van der Waals surface area (Å²) >= 11 is 0. The summed E-state index contributed by atoms with van der Waals surface area (Å²) in [7, 11) is 0.506. The van der Waals surface area contributed by atoms with Crippen molar-refractivity contribution in [3.63, 3.8) is 0 Å². The van der Waals surface area contributed by atoms with Crippen LogP contribution in [0.3, 0.4) is 0 Å². The Morgan fingerprint density at radius 1 is 0.950 bits per heavy atom. The maximum atomic E-state index is 13.8. The molecule has 2 aromatic rings. The van der Waals surface area contributed by atoms with Gasteiger partial charge in [0.15, 0.2) is 0 Å².